The van der Waals surface area contributed by atoms with E-state index in [0.717, 1.165) is 30.6 Å². The number of anilines is 1. The van der Waals surface area contributed by atoms with Crippen molar-refractivity contribution < 1.29 is 9.59 Å². The van der Waals surface area contributed by atoms with Crippen LogP contribution in [0.1, 0.15) is 50.1 Å². The normalized spacial score (nSPS) is 16.3. The Morgan fingerprint density at radius 1 is 1.32 bits per heavy atom. The lowest BCUT2D eigenvalue weighted by Crippen LogP contribution is -2.19. The first-order valence-electron chi connectivity index (χ1n) is 8.33. The maximum atomic E-state index is 12.6. The van der Waals surface area contributed by atoms with Crippen LogP contribution in [-0.2, 0) is 18.6 Å². The molecule has 132 valence electrons. The fourth-order valence-electron chi connectivity index (χ4n) is 3.19. The van der Waals surface area contributed by atoms with Crippen molar-refractivity contribution in [2.45, 2.75) is 31.9 Å². The molecular weight excluding hydrogens is 352 g/mol. The summed E-state index contributed by atoms with van der Waals surface area (Å²) in [5, 5.41) is 3.49. The third kappa shape index (κ3) is 3.90. The molecule has 0 radical (unpaired) electrons. The van der Waals surface area contributed by atoms with E-state index in [0.29, 0.717) is 22.0 Å². The fourth-order valence-corrected chi connectivity index (χ4v) is 5.13. The minimum Gasteiger partial charge on any atom is -0.365 e. The molecule has 0 saturated carbocycles. The van der Waals surface area contributed by atoms with Crippen LogP contribution in [-0.4, -0.2) is 18.1 Å². The SMILES string of the molecule is CSCc1ccc(C(=O)Nc2sc3c(c2C(N)=O)CCC(C)C3)cc1. The number of thioether (sulfide) groups is 1. The number of hydrogen-bond donors (Lipinski definition) is 2. The second-order valence-electron chi connectivity index (χ2n) is 6.50. The number of rotatable bonds is 5. The van der Waals surface area contributed by atoms with Gasteiger partial charge in [-0.05, 0) is 54.7 Å². The van der Waals surface area contributed by atoms with E-state index in [1.165, 1.54) is 21.8 Å². The van der Waals surface area contributed by atoms with Gasteiger partial charge in [-0.25, -0.2) is 0 Å². The number of hydrogen-bond acceptors (Lipinski definition) is 4. The van der Waals surface area contributed by atoms with Crippen molar-refractivity contribution in [3.05, 3.63) is 51.4 Å². The van der Waals surface area contributed by atoms with Gasteiger partial charge in [0, 0.05) is 16.2 Å². The average Bonchev–Trinajstić information content (AvgIpc) is 2.92. The van der Waals surface area contributed by atoms with Gasteiger partial charge in [0.25, 0.3) is 11.8 Å². The minimum absolute atomic E-state index is 0.204. The standard InChI is InChI=1S/C19H22N2O2S2/c1-11-3-8-14-15(9-11)25-19(16(14)17(20)22)21-18(23)13-6-4-12(5-7-13)10-24-2/h4-7,11H,3,8-10H2,1-2H3,(H2,20,22)(H,21,23). The quantitative estimate of drug-likeness (QED) is 0.828. The predicted molar refractivity (Wildman–Crippen MR) is 106 cm³/mol. The van der Waals surface area contributed by atoms with Crippen LogP contribution in [0.2, 0.25) is 0 Å². The highest BCUT2D eigenvalue weighted by molar-refractivity contribution is 7.97. The first kappa shape index (κ1) is 18.0. The summed E-state index contributed by atoms with van der Waals surface area (Å²) in [6.07, 6.45) is 4.89. The maximum Gasteiger partial charge on any atom is 0.256 e. The zero-order valence-electron chi connectivity index (χ0n) is 14.4. The number of amides is 2. The third-order valence-corrected chi connectivity index (χ3v) is 6.30. The van der Waals surface area contributed by atoms with Gasteiger partial charge in [0.15, 0.2) is 0 Å². The van der Waals surface area contributed by atoms with E-state index in [9.17, 15) is 9.59 Å². The largest absolute Gasteiger partial charge is 0.365 e. The van der Waals surface area contributed by atoms with Crippen LogP contribution in [0, 0.1) is 5.92 Å². The van der Waals surface area contributed by atoms with Gasteiger partial charge < -0.3 is 11.1 Å². The summed E-state index contributed by atoms with van der Waals surface area (Å²) < 4.78 is 0. The molecule has 1 atom stereocenters. The van der Waals surface area contributed by atoms with Crippen molar-refractivity contribution in [3.63, 3.8) is 0 Å². The van der Waals surface area contributed by atoms with Gasteiger partial charge >= 0.3 is 0 Å². The van der Waals surface area contributed by atoms with Crippen LogP contribution in [0.15, 0.2) is 24.3 Å². The van der Waals surface area contributed by atoms with Gasteiger partial charge in [0.1, 0.15) is 5.00 Å². The minimum atomic E-state index is -0.460. The second kappa shape index (κ2) is 7.62. The van der Waals surface area contributed by atoms with Crippen molar-refractivity contribution in [3.8, 4) is 0 Å². The smallest absolute Gasteiger partial charge is 0.256 e. The molecule has 4 nitrogen and oxygen atoms in total. The molecule has 3 N–H and O–H groups in total. The Hall–Kier alpha value is -1.79. The summed E-state index contributed by atoms with van der Waals surface area (Å²) in [7, 11) is 0. The van der Waals surface area contributed by atoms with Crippen LogP contribution < -0.4 is 11.1 Å². The van der Waals surface area contributed by atoms with Crippen LogP contribution in [0.4, 0.5) is 5.00 Å². The second-order valence-corrected chi connectivity index (χ2v) is 8.48. The molecule has 1 heterocycles. The number of nitrogens with two attached hydrogens (primary N) is 1. The Labute approximate surface area is 156 Å². The fraction of sp³-hybridized carbons (Fsp3) is 0.368. The molecule has 0 fully saturated rings. The Balaban J connectivity index is 1.84. The van der Waals surface area contributed by atoms with Crippen molar-refractivity contribution in [1.29, 1.82) is 0 Å². The Kier molecular flexibility index (Phi) is 5.49. The number of carbonyl (C=O) groups excluding carboxylic acids is 2. The first-order valence-corrected chi connectivity index (χ1v) is 10.5. The van der Waals surface area contributed by atoms with Gasteiger partial charge in [-0.2, -0.15) is 11.8 Å². The molecule has 2 amide bonds. The summed E-state index contributed by atoms with van der Waals surface area (Å²) >= 11 is 3.23. The molecule has 0 bridgehead atoms. The number of fused-ring (bicyclic) bond motifs is 1. The van der Waals surface area contributed by atoms with Crippen LogP contribution in [0.5, 0.6) is 0 Å². The highest BCUT2D eigenvalue weighted by atomic mass is 32.2. The van der Waals surface area contributed by atoms with Gasteiger partial charge in [0.2, 0.25) is 0 Å². The van der Waals surface area contributed by atoms with E-state index in [1.807, 2.05) is 30.5 Å². The van der Waals surface area contributed by atoms with Crippen molar-refractivity contribution >= 4 is 39.9 Å². The predicted octanol–water partition coefficient (Wildman–Crippen LogP) is 4.09. The average molecular weight is 375 g/mol. The Morgan fingerprint density at radius 2 is 2.04 bits per heavy atom. The molecule has 0 spiro atoms. The van der Waals surface area contributed by atoms with Crippen molar-refractivity contribution in [2.24, 2.45) is 11.7 Å². The molecule has 6 heteroatoms. The molecule has 25 heavy (non-hydrogen) atoms. The van der Waals surface area contributed by atoms with Gasteiger partial charge in [-0.3, -0.25) is 9.59 Å². The Morgan fingerprint density at radius 3 is 2.68 bits per heavy atom. The molecule has 1 unspecified atom stereocenters. The van der Waals surface area contributed by atoms with Crippen LogP contribution in [0.25, 0.3) is 0 Å². The maximum absolute atomic E-state index is 12.6. The lowest BCUT2D eigenvalue weighted by atomic mass is 9.88. The van der Waals surface area contributed by atoms with Crippen LogP contribution >= 0.6 is 23.1 Å². The molecular formula is C19H22N2O2S2. The molecule has 1 aliphatic rings. The highest BCUT2D eigenvalue weighted by Crippen LogP contribution is 2.39. The van der Waals surface area contributed by atoms with Gasteiger partial charge in [-0.15, -0.1) is 11.3 Å². The zero-order valence-corrected chi connectivity index (χ0v) is 16.1. The van der Waals surface area contributed by atoms with Crippen molar-refractivity contribution in [2.75, 3.05) is 11.6 Å². The van der Waals surface area contributed by atoms with E-state index >= 15 is 0 Å². The van der Waals surface area contributed by atoms with E-state index in [2.05, 4.69) is 12.2 Å². The summed E-state index contributed by atoms with van der Waals surface area (Å²) in [6, 6.07) is 7.56. The van der Waals surface area contributed by atoms with Gasteiger partial charge in [-0.1, -0.05) is 19.1 Å². The van der Waals surface area contributed by atoms with E-state index in [4.69, 9.17) is 5.73 Å². The van der Waals surface area contributed by atoms with Gasteiger partial charge in [0.05, 0.1) is 5.56 Å². The number of thiophene rings is 1. The van der Waals surface area contributed by atoms with E-state index in [1.54, 1.807) is 11.8 Å². The highest BCUT2D eigenvalue weighted by Gasteiger charge is 2.27. The molecule has 3 rings (SSSR count). The molecule has 0 aliphatic heterocycles. The number of benzene rings is 1. The molecule has 1 aliphatic carbocycles. The molecule has 2 aromatic rings. The summed E-state index contributed by atoms with van der Waals surface area (Å²) in [5.41, 5.74) is 8.89. The molecule has 0 saturated heterocycles. The number of nitrogens with one attached hydrogen (secondary N) is 1. The number of primary amides is 1. The molecule has 1 aromatic carbocycles. The zero-order chi connectivity index (χ0) is 18.0. The topological polar surface area (TPSA) is 72.2 Å². The summed E-state index contributed by atoms with van der Waals surface area (Å²) in [5.74, 6) is 0.853. The summed E-state index contributed by atoms with van der Waals surface area (Å²) in [6.45, 7) is 2.21. The monoisotopic (exact) mass is 374 g/mol. The van der Waals surface area contributed by atoms with E-state index < -0.39 is 5.91 Å². The van der Waals surface area contributed by atoms with Crippen molar-refractivity contribution in [1.82, 2.24) is 0 Å². The number of carbonyl (C=O) groups is 2. The molecule has 1 aromatic heterocycles. The Bertz CT molecular complexity index is 797. The first-order chi connectivity index (χ1) is 12.0. The summed E-state index contributed by atoms with van der Waals surface area (Å²) in [4.78, 5) is 25.7. The van der Waals surface area contributed by atoms with E-state index in [-0.39, 0.29) is 5.91 Å². The lowest BCUT2D eigenvalue weighted by Gasteiger charge is -2.18. The van der Waals surface area contributed by atoms with Crippen LogP contribution in [0.3, 0.4) is 0 Å². The lowest BCUT2D eigenvalue weighted by molar-refractivity contribution is 0.1000. The third-order valence-electron chi connectivity index (χ3n) is 4.51.